The second kappa shape index (κ2) is 7.89. The molecule has 5 heteroatoms. The SMILES string of the molecule is Cc1ccccc1NC(=O)/C=C/C=C/[C@]1(F)C[C@H]1c1ccc(Br)c(Br)c1. The van der Waals surface area contributed by atoms with Gasteiger partial charge >= 0.3 is 0 Å². The predicted molar refractivity (Wildman–Crippen MR) is 111 cm³/mol. The lowest BCUT2D eigenvalue weighted by Crippen LogP contribution is -2.08. The van der Waals surface area contributed by atoms with Crippen molar-refractivity contribution in [2.24, 2.45) is 0 Å². The first-order valence-corrected chi connectivity index (χ1v) is 9.84. The molecule has 0 unspecified atom stereocenters. The minimum Gasteiger partial charge on any atom is -0.322 e. The van der Waals surface area contributed by atoms with E-state index >= 15 is 0 Å². The molecule has 26 heavy (non-hydrogen) atoms. The molecule has 1 fully saturated rings. The summed E-state index contributed by atoms with van der Waals surface area (Å²) in [6.07, 6.45) is 6.57. The Morgan fingerprint density at radius 2 is 1.96 bits per heavy atom. The van der Waals surface area contributed by atoms with Gasteiger partial charge in [-0.2, -0.15) is 0 Å². The summed E-state index contributed by atoms with van der Waals surface area (Å²) in [5.41, 5.74) is 1.39. The molecule has 0 aliphatic heterocycles. The smallest absolute Gasteiger partial charge is 0.248 e. The van der Waals surface area contributed by atoms with Gasteiger partial charge in [0.15, 0.2) is 0 Å². The first-order valence-electron chi connectivity index (χ1n) is 8.25. The van der Waals surface area contributed by atoms with Gasteiger partial charge in [0.1, 0.15) is 5.67 Å². The molecular formula is C21H18Br2FNO. The molecule has 0 saturated heterocycles. The van der Waals surface area contributed by atoms with Crippen molar-refractivity contribution < 1.29 is 9.18 Å². The lowest BCUT2D eigenvalue weighted by atomic mass is 10.1. The summed E-state index contributed by atoms with van der Waals surface area (Å²) in [6.45, 7) is 1.93. The zero-order chi connectivity index (χ0) is 18.7. The van der Waals surface area contributed by atoms with Crippen molar-refractivity contribution in [3.63, 3.8) is 0 Å². The number of amides is 1. The van der Waals surface area contributed by atoms with E-state index in [1.165, 1.54) is 12.2 Å². The van der Waals surface area contributed by atoms with Crippen molar-refractivity contribution in [1.82, 2.24) is 0 Å². The molecule has 2 aromatic carbocycles. The van der Waals surface area contributed by atoms with Gasteiger partial charge in [-0.1, -0.05) is 36.4 Å². The fourth-order valence-electron chi connectivity index (χ4n) is 2.81. The molecule has 1 amide bonds. The number of carbonyl (C=O) groups is 1. The molecule has 0 heterocycles. The number of hydrogen-bond donors (Lipinski definition) is 1. The molecule has 0 bridgehead atoms. The first-order chi connectivity index (χ1) is 12.4. The minimum atomic E-state index is -1.34. The molecule has 0 radical (unpaired) electrons. The molecule has 2 atom stereocenters. The normalized spacial score (nSPS) is 22.1. The predicted octanol–water partition coefficient (Wildman–Crippen LogP) is 6.47. The lowest BCUT2D eigenvalue weighted by Gasteiger charge is -2.05. The monoisotopic (exact) mass is 477 g/mol. The largest absolute Gasteiger partial charge is 0.322 e. The third-order valence-electron chi connectivity index (χ3n) is 4.42. The second-order valence-electron chi connectivity index (χ2n) is 6.38. The molecule has 0 aromatic heterocycles. The molecule has 2 aromatic rings. The van der Waals surface area contributed by atoms with Crippen molar-refractivity contribution >= 4 is 43.5 Å². The molecule has 1 saturated carbocycles. The van der Waals surface area contributed by atoms with E-state index in [4.69, 9.17) is 0 Å². The van der Waals surface area contributed by atoms with E-state index in [1.54, 1.807) is 12.2 Å². The molecular weight excluding hydrogens is 461 g/mol. The van der Waals surface area contributed by atoms with Crippen LogP contribution in [0.15, 0.2) is 75.7 Å². The topological polar surface area (TPSA) is 29.1 Å². The number of hydrogen-bond acceptors (Lipinski definition) is 1. The van der Waals surface area contributed by atoms with E-state index in [2.05, 4.69) is 37.2 Å². The number of para-hydroxylation sites is 1. The second-order valence-corrected chi connectivity index (χ2v) is 8.09. The minimum absolute atomic E-state index is 0.141. The number of nitrogens with one attached hydrogen (secondary N) is 1. The Morgan fingerprint density at radius 3 is 2.69 bits per heavy atom. The molecule has 1 aliphatic carbocycles. The Labute approximate surface area is 169 Å². The van der Waals surface area contributed by atoms with Gasteiger partial charge in [0.05, 0.1) is 0 Å². The van der Waals surface area contributed by atoms with Gasteiger partial charge in [-0.15, -0.1) is 0 Å². The van der Waals surface area contributed by atoms with Gasteiger partial charge in [-0.25, -0.2) is 4.39 Å². The summed E-state index contributed by atoms with van der Waals surface area (Å²) < 4.78 is 16.6. The number of rotatable bonds is 5. The number of aryl methyl sites for hydroxylation is 1. The lowest BCUT2D eigenvalue weighted by molar-refractivity contribution is -0.111. The van der Waals surface area contributed by atoms with Crippen LogP contribution in [0.1, 0.15) is 23.5 Å². The molecule has 1 aliphatic rings. The molecule has 1 N–H and O–H groups in total. The van der Waals surface area contributed by atoms with Crippen molar-refractivity contribution in [3.05, 3.63) is 86.8 Å². The van der Waals surface area contributed by atoms with Gasteiger partial charge in [0.2, 0.25) is 5.91 Å². The third kappa shape index (κ3) is 4.51. The maximum absolute atomic E-state index is 14.8. The Hall–Kier alpha value is -1.72. The van der Waals surface area contributed by atoms with Crippen LogP contribution in [0.3, 0.4) is 0 Å². The number of carbonyl (C=O) groups excluding carboxylic acids is 1. The van der Waals surface area contributed by atoms with Crippen molar-refractivity contribution in [1.29, 1.82) is 0 Å². The number of allylic oxidation sites excluding steroid dienone is 3. The summed E-state index contributed by atoms with van der Waals surface area (Å²) in [5, 5.41) is 2.81. The highest BCUT2D eigenvalue weighted by molar-refractivity contribution is 9.13. The highest BCUT2D eigenvalue weighted by atomic mass is 79.9. The van der Waals surface area contributed by atoms with E-state index in [9.17, 15) is 9.18 Å². The summed E-state index contributed by atoms with van der Waals surface area (Å²) in [6, 6.07) is 13.3. The van der Waals surface area contributed by atoms with Crippen LogP contribution in [0.4, 0.5) is 10.1 Å². The standard InChI is InChI=1S/C21H18Br2FNO/c1-14-6-2-3-7-19(14)25-20(26)8-4-5-11-21(24)13-16(21)15-9-10-17(22)18(23)12-15/h2-12,16H,13H2,1H3,(H,25,26)/b8-4+,11-5+/t16-,21-/m0/s1. The molecule has 3 rings (SSSR count). The summed E-state index contributed by atoms with van der Waals surface area (Å²) in [5.74, 6) is -0.376. The van der Waals surface area contributed by atoms with E-state index in [-0.39, 0.29) is 11.8 Å². The quantitative estimate of drug-likeness (QED) is 0.387. The summed E-state index contributed by atoms with van der Waals surface area (Å²) in [7, 11) is 0. The number of alkyl halides is 1. The van der Waals surface area contributed by atoms with E-state index < -0.39 is 5.67 Å². The summed E-state index contributed by atoms with van der Waals surface area (Å²) in [4.78, 5) is 11.9. The Kier molecular flexibility index (Phi) is 5.78. The van der Waals surface area contributed by atoms with Crippen LogP contribution in [0.2, 0.25) is 0 Å². The number of halogens is 3. The van der Waals surface area contributed by atoms with Gasteiger partial charge in [0.25, 0.3) is 0 Å². The van der Waals surface area contributed by atoms with Crippen LogP contribution < -0.4 is 5.32 Å². The highest BCUT2D eigenvalue weighted by Crippen LogP contribution is 2.56. The van der Waals surface area contributed by atoms with Crippen molar-refractivity contribution in [2.75, 3.05) is 5.32 Å². The Balaban J connectivity index is 1.57. The van der Waals surface area contributed by atoms with Crippen LogP contribution in [-0.2, 0) is 4.79 Å². The molecule has 134 valence electrons. The van der Waals surface area contributed by atoms with Crippen LogP contribution in [0, 0.1) is 6.92 Å². The van der Waals surface area contributed by atoms with Gasteiger partial charge in [0, 0.05) is 26.6 Å². The maximum Gasteiger partial charge on any atom is 0.248 e. The van der Waals surface area contributed by atoms with Gasteiger partial charge < -0.3 is 5.32 Å². The van der Waals surface area contributed by atoms with Crippen LogP contribution >= 0.6 is 31.9 Å². The van der Waals surface area contributed by atoms with Gasteiger partial charge in [-0.3, -0.25) is 4.79 Å². The average molecular weight is 479 g/mol. The van der Waals surface area contributed by atoms with Gasteiger partial charge in [-0.05, 0) is 80.6 Å². The fourth-order valence-corrected chi connectivity index (χ4v) is 3.45. The van der Waals surface area contributed by atoms with Crippen molar-refractivity contribution in [3.8, 4) is 0 Å². The van der Waals surface area contributed by atoms with E-state index in [1.807, 2.05) is 49.4 Å². The third-order valence-corrected chi connectivity index (χ3v) is 6.30. The number of anilines is 1. The number of benzene rings is 2. The maximum atomic E-state index is 14.8. The first kappa shape index (κ1) is 19.1. The van der Waals surface area contributed by atoms with E-state index in [0.717, 1.165) is 25.8 Å². The zero-order valence-electron chi connectivity index (χ0n) is 14.2. The molecule has 0 spiro atoms. The summed E-state index contributed by atoms with van der Waals surface area (Å²) >= 11 is 6.87. The van der Waals surface area contributed by atoms with Crippen LogP contribution in [0.25, 0.3) is 0 Å². The Morgan fingerprint density at radius 1 is 1.19 bits per heavy atom. The Bertz CT molecular complexity index is 893. The van der Waals surface area contributed by atoms with E-state index in [0.29, 0.717) is 6.42 Å². The van der Waals surface area contributed by atoms with Crippen LogP contribution in [0.5, 0.6) is 0 Å². The van der Waals surface area contributed by atoms with Crippen LogP contribution in [-0.4, -0.2) is 11.6 Å². The zero-order valence-corrected chi connectivity index (χ0v) is 17.3. The average Bonchev–Trinajstić information content (AvgIpc) is 3.28. The fraction of sp³-hybridized carbons (Fsp3) is 0.190. The molecule has 2 nitrogen and oxygen atoms in total. The van der Waals surface area contributed by atoms with Crippen molar-refractivity contribution in [2.45, 2.75) is 24.9 Å². The highest BCUT2D eigenvalue weighted by Gasteiger charge is 2.54.